The summed E-state index contributed by atoms with van der Waals surface area (Å²) in [6, 6.07) is 0. The molecule has 4 saturated carbocycles. The van der Waals surface area contributed by atoms with Gasteiger partial charge in [-0.2, -0.15) is 0 Å². The molecule has 126 valence electrons. The molecule has 4 rings (SSSR count). The average Bonchev–Trinajstić information content (AvgIpc) is 2.80. The lowest BCUT2D eigenvalue weighted by Gasteiger charge is -2.65. The Hall–Kier alpha value is -0.0800. The van der Waals surface area contributed by atoms with Crippen LogP contribution in [0.5, 0.6) is 0 Å². The van der Waals surface area contributed by atoms with Crippen LogP contribution in [-0.2, 0) is 0 Å². The van der Waals surface area contributed by atoms with Crippen LogP contribution in [0, 0.1) is 34.0 Å². The van der Waals surface area contributed by atoms with Crippen molar-refractivity contribution < 1.29 is 10.2 Å². The van der Waals surface area contributed by atoms with Crippen molar-refractivity contribution in [2.75, 3.05) is 6.61 Å². The molecule has 2 nitrogen and oxygen atoms in total. The van der Waals surface area contributed by atoms with Crippen LogP contribution < -0.4 is 0 Å². The largest absolute Gasteiger partial charge is 0.393 e. The van der Waals surface area contributed by atoms with Gasteiger partial charge in [0, 0.05) is 0 Å². The van der Waals surface area contributed by atoms with Crippen molar-refractivity contribution in [2.45, 2.75) is 84.2 Å². The second-order valence-corrected chi connectivity index (χ2v) is 10.1. The third kappa shape index (κ3) is 1.69. The van der Waals surface area contributed by atoms with Crippen LogP contribution in [-0.4, -0.2) is 22.4 Å². The zero-order valence-corrected chi connectivity index (χ0v) is 14.7. The molecule has 22 heavy (non-hydrogen) atoms. The maximum atomic E-state index is 10.8. The van der Waals surface area contributed by atoms with Crippen molar-refractivity contribution in [2.24, 2.45) is 34.0 Å². The van der Waals surface area contributed by atoms with Crippen LogP contribution in [0.4, 0.5) is 0 Å². The molecule has 0 aromatic carbocycles. The van der Waals surface area contributed by atoms with E-state index in [0.717, 1.165) is 24.7 Å². The van der Waals surface area contributed by atoms with Crippen molar-refractivity contribution in [3.8, 4) is 0 Å². The van der Waals surface area contributed by atoms with Gasteiger partial charge < -0.3 is 10.2 Å². The minimum absolute atomic E-state index is 0.0356. The first-order chi connectivity index (χ1) is 10.3. The Balaban J connectivity index is 1.74. The summed E-state index contributed by atoms with van der Waals surface area (Å²) in [6.45, 7) is 7.58. The van der Waals surface area contributed by atoms with Gasteiger partial charge >= 0.3 is 0 Å². The number of fused-ring (bicyclic) bond motifs is 2. The van der Waals surface area contributed by atoms with E-state index < -0.39 is 5.60 Å². The maximum Gasteiger partial charge on any atom is 0.0905 e. The van der Waals surface area contributed by atoms with Crippen molar-refractivity contribution in [3.05, 3.63) is 0 Å². The van der Waals surface area contributed by atoms with Crippen LogP contribution in [0.15, 0.2) is 0 Å². The molecule has 2 bridgehead atoms. The summed E-state index contributed by atoms with van der Waals surface area (Å²) < 4.78 is 0. The standard InChI is InChI=1S/C20H34O2/c1-17(2)7-4-8-18(3)16(17)6-5-14-11-15-12-19(14,18)9-10-20(15,22)13-21/h14-16,21-22H,4-13H2,1-3H3/t14-,15-,16?,18-,19+,20+/m0/s1. The minimum atomic E-state index is -0.779. The Morgan fingerprint density at radius 1 is 0.955 bits per heavy atom. The predicted molar refractivity (Wildman–Crippen MR) is 88.4 cm³/mol. The molecule has 4 fully saturated rings. The normalized spacial score (nSPS) is 56.3. The van der Waals surface area contributed by atoms with E-state index in [1.807, 2.05) is 0 Å². The minimum Gasteiger partial charge on any atom is -0.393 e. The van der Waals surface area contributed by atoms with Crippen LogP contribution in [0.1, 0.15) is 78.6 Å². The highest BCUT2D eigenvalue weighted by Gasteiger charge is 2.68. The van der Waals surface area contributed by atoms with E-state index in [9.17, 15) is 10.2 Å². The Bertz CT molecular complexity index is 472. The van der Waals surface area contributed by atoms with Crippen molar-refractivity contribution in [1.82, 2.24) is 0 Å². The molecule has 1 spiro atoms. The van der Waals surface area contributed by atoms with Gasteiger partial charge in [0.2, 0.25) is 0 Å². The third-order valence-corrected chi connectivity index (χ3v) is 9.17. The molecule has 4 aliphatic rings. The quantitative estimate of drug-likeness (QED) is 0.764. The lowest BCUT2D eigenvalue weighted by Crippen LogP contribution is -2.58. The molecule has 0 heterocycles. The summed E-state index contributed by atoms with van der Waals surface area (Å²) in [7, 11) is 0. The Morgan fingerprint density at radius 3 is 2.45 bits per heavy atom. The van der Waals surface area contributed by atoms with E-state index in [2.05, 4.69) is 20.8 Å². The van der Waals surface area contributed by atoms with Crippen molar-refractivity contribution in [1.29, 1.82) is 0 Å². The molecule has 0 radical (unpaired) electrons. The Morgan fingerprint density at radius 2 is 1.73 bits per heavy atom. The van der Waals surface area contributed by atoms with E-state index in [1.165, 1.54) is 44.9 Å². The highest BCUT2D eigenvalue weighted by atomic mass is 16.3. The molecule has 0 aromatic rings. The average molecular weight is 306 g/mol. The molecule has 2 heteroatoms. The molecule has 0 amide bonds. The topological polar surface area (TPSA) is 40.5 Å². The Labute approximate surface area is 135 Å². The monoisotopic (exact) mass is 306 g/mol. The van der Waals surface area contributed by atoms with E-state index in [1.54, 1.807) is 0 Å². The summed E-state index contributed by atoms with van der Waals surface area (Å²) >= 11 is 0. The molecule has 4 aliphatic carbocycles. The highest BCUT2D eigenvalue weighted by molar-refractivity contribution is 5.18. The van der Waals surface area contributed by atoms with Crippen LogP contribution in [0.2, 0.25) is 0 Å². The fourth-order valence-corrected chi connectivity index (χ4v) is 8.00. The molecular formula is C20H34O2. The second-order valence-electron chi connectivity index (χ2n) is 10.1. The fraction of sp³-hybridized carbons (Fsp3) is 1.00. The van der Waals surface area contributed by atoms with E-state index >= 15 is 0 Å². The molecular weight excluding hydrogens is 272 g/mol. The van der Waals surface area contributed by atoms with Gasteiger partial charge in [-0.15, -0.1) is 0 Å². The highest BCUT2D eigenvalue weighted by Crippen LogP contribution is 2.75. The maximum absolute atomic E-state index is 10.8. The SMILES string of the molecule is CC1(C)CCC[C@@]2(C)C1CC[C@H]1C[C@H]3C[C@]12CC[C@@]3(O)CO. The zero-order valence-electron chi connectivity index (χ0n) is 14.7. The van der Waals surface area contributed by atoms with Gasteiger partial charge in [-0.1, -0.05) is 27.2 Å². The fourth-order valence-electron chi connectivity index (χ4n) is 8.00. The first-order valence-electron chi connectivity index (χ1n) is 9.61. The van der Waals surface area contributed by atoms with Crippen molar-refractivity contribution in [3.63, 3.8) is 0 Å². The molecule has 0 saturated heterocycles. The summed E-state index contributed by atoms with van der Waals surface area (Å²) in [4.78, 5) is 0. The number of hydrogen-bond acceptors (Lipinski definition) is 2. The summed E-state index contributed by atoms with van der Waals surface area (Å²) in [5.74, 6) is 1.99. The lowest BCUT2D eigenvalue weighted by atomic mass is 9.40. The van der Waals surface area contributed by atoms with E-state index in [4.69, 9.17) is 0 Å². The number of aliphatic hydroxyl groups is 2. The van der Waals surface area contributed by atoms with E-state index in [0.29, 0.717) is 22.2 Å². The van der Waals surface area contributed by atoms with Gasteiger partial charge in [0.15, 0.2) is 0 Å². The predicted octanol–water partition coefficient (Wildman–Crippen LogP) is 4.14. The van der Waals surface area contributed by atoms with E-state index in [-0.39, 0.29) is 6.61 Å². The number of hydrogen-bond donors (Lipinski definition) is 2. The third-order valence-electron chi connectivity index (χ3n) is 9.17. The molecule has 0 aliphatic heterocycles. The Kier molecular flexibility index (Phi) is 3.16. The summed E-state index contributed by atoms with van der Waals surface area (Å²) in [5, 5.41) is 20.6. The first-order valence-corrected chi connectivity index (χ1v) is 9.61. The molecule has 6 atom stereocenters. The van der Waals surface area contributed by atoms with Gasteiger partial charge in [-0.3, -0.25) is 0 Å². The van der Waals surface area contributed by atoms with Crippen molar-refractivity contribution >= 4 is 0 Å². The van der Waals surface area contributed by atoms with Gasteiger partial charge in [-0.25, -0.2) is 0 Å². The number of aliphatic hydroxyl groups excluding tert-OH is 1. The summed E-state index contributed by atoms with van der Waals surface area (Å²) in [6.07, 6.45) is 11.2. The molecule has 0 aromatic heterocycles. The van der Waals surface area contributed by atoms with Crippen LogP contribution in [0.3, 0.4) is 0 Å². The van der Waals surface area contributed by atoms with Gasteiger partial charge in [0.25, 0.3) is 0 Å². The van der Waals surface area contributed by atoms with Gasteiger partial charge in [0.1, 0.15) is 0 Å². The summed E-state index contributed by atoms with van der Waals surface area (Å²) in [5.41, 5.74) is 0.622. The van der Waals surface area contributed by atoms with Gasteiger partial charge in [-0.05, 0) is 85.4 Å². The zero-order chi connectivity index (χ0) is 15.8. The van der Waals surface area contributed by atoms with Crippen LogP contribution in [0.25, 0.3) is 0 Å². The van der Waals surface area contributed by atoms with Gasteiger partial charge in [0.05, 0.1) is 12.2 Å². The lowest BCUT2D eigenvalue weighted by molar-refractivity contribution is -0.177. The molecule has 2 N–H and O–H groups in total. The van der Waals surface area contributed by atoms with Crippen LogP contribution >= 0.6 is 0 Å². The number of rotatable bonds is 1. The smallest absolute Gasteiger partial charge is 0.0905 e. The molecule has 1 unspecified atom stereocenters. The first kappa shape index (κ1) is 15.4. The second kappa shape index (κ2) is 4.51.